The van der Waals surface area contributed by atoms with E-state index in [9.17, 15) is 13.2 Å². The Kier molecular flexibility index (Phi) is 5.53. The smallest absolute Gasteiger partial charge is 0.255 e. The number of rotatable bonds is 6. The third kappa shape index (κ3) is 3.84. The first-order valence-corrected chi connectivity index (χ1v) is 10.2. The molecule has 0 unspecified atom stereocenters. The highest BCUT2D eigenvalue weighted by Crippen LogP contribution is 2.23. The highest BCUT2D eigenvalue weighted by atomic mass is 32.2. The van der Waals surface area contributed by atoms with Crippen molar-refractivity contribution in [3.8, 4) is 0 Å². The maximum Gasteiger partial charge on any atom is 0.255 e. The molecule has 0 aliphatic rings. The predicted molar refractivity (Wildman–Crippen MR) is 106 cm³/mol. The second-order valence-electron chi connectivity index (χ2n) is 5.97. The van der Waals surface area contributed by atoms with Gasteiger partial charge in [0.05, 0.1) is 4.90 Å². The summed E-state index contributed by atoms with van der Waals surface area (Å²) < 4.78 is 26.4. The van der Waals surface area contributed by atoms with E-state index in [1.807, 2.05) is 24.3 Å². The zero-order chi connectivity index (χ0) is 19.4. The summed E-state index contributed by atoms with van der Waals surface area (Å²) in [7, 11) is -3.54. The third-order valence-corrected chi connectivity index (χ3v) is 6.45. The fourth-order valence-electron chi connectivity index (χ4n) is 2.92. The Morgan fingerprint density at radius 2 is 1.74 bits per heavy atom. The Morgan fingerprint density at radius 1 is 1.04 bits per heavy atom. The molecule has 0 radical (unpaired) electrons. The van der Waals surface area contributed by atoms with E-state index in [1.165, 1.54) is 28.6 Å². The van der Waals surface area contributed by atoms with Crippen LogP contribution in [-0.4, -0.2) is 36.7 Å². The molecule has 140 valence electrons. The van der Waals surface area contributed by atoms with Crippen molar-refractivity contribution in [2.75, 3.05) is 18.4 Å². The summed E-state index contributed by atoms with van der Waals surface area (Å²) in [5, 5.41) is 4.70. The molecule has 1 aromatic heterocycles. The van der Waals surface area contributed by atoms with E-state index in [2.05, 4.69) is 10.3 Å². The van der Waals surface area contributed by atoms with Gasteiger partial charge in [0, 0.05) is 47.5 Å². The second-order valence-corrected chi connectivity index (χ2v) is 7.91. The minimum atomic E-state index is -3.54. The molecule has 3 aromatic rings. The summed E-state index contributed by atoms with van der Waals surface area (Å²) in [5.74, 6) is -0.300. The summed E-state index contributed by atoms with van der Waals surface area (Å²) in [4.78, 5) is 16.8. The molecule has 1 amide bonds. The van der Waals surface area contributed by atoms with Gasteiger partial charge in [0.2, 0.25) is 10.0 Å². The van der Waals surface area contributed by atoms with Crippen LogP contribution in [0.25, 0.3) is 10.8 Å². The number of nitrogens with zero attached hydrogens (tertiary/aromatic N) is 2. The fraction of sp³-hybridized carbons (Fsp3) is 0.200. The molecule has 0 atom stereocenters. The number of carbonyl (C=O) groups is 1. The molecule has 3 rings (SSSR count). The Morgan fingerprint density at radius 3 is 2.41 bits per heavy atom. The Hall–Kier alpha value is -2.77. The molecule has 0 saturated carbocycles. The van der Waals surface area contributed by atoms with E-state index in [0.29, 0.717) is 24.3 Å². The quantitative estimate of drug-likeness (QED) is 0.706. The molecule has 0 saturated heterocycles. The van der Waals surface area contributed by atoms with Crippen molar-refractivity contribution in [2.45, 2.75) is 18.7 Å². The second kappa shape index (κ2) is 7.85. The number of pyridine rings is 1. The summed E-state index contributed by atoms with van der Waals surface area (Å²) in [6.07, 6.45) is 3.41. The molecule has 0 aliphatic heterocycles. The van der Waals surface area contributed by atoms with Crippen LogP contribution >= 0.6 is 0 Å². The molecular formula is C20H21N3O3S. The maximum atomic E-state index is 12.6. The molecule has 27 heavy (non-hydrogen) atoms. The summed E-state index contributed by atoms with van der Waals surface area (Å²) in [6.45, 7) is 4.39. The number of amides is 1. The van der Waals surface area contributed by atoms with E-state index < -0.39 is 10.0 Å². The van der Waals surface area contributed by atoms with Crippen LogP contribution in [-0.2, 0) is 10.0 Å². The van der Waals surface area contributed by atoms with Crippen LogP contribution < -0.4 is 5.32 Å². The highest BCUT2D eigenvalue weighted by molar-refractivity contribution is 7.89. The first-order chi connectivity index (χ1) is 13.0. The zero-order valence-electron chi connectivity index (χ0n) is 15.2. The van der Waals surface area contributed by atoms with E-state index in [0.717, 1.165) is 10.8 Å². The number of nitrogens with one attached hydrogen (secondary N) is 1. The molecule has 0 aliphatic carbocycles. The molecule has 0 fully saturated rings. The van der Waals surface area contributed by atoms with Crippen LogP contribution in [0.2, 0.25) is 0 Å². The Bertz CT molecular complexity index is 1050. The normalized spacial score (nSPS) is 11.7. The van der Waals surface area contributed by atoms with E-state index in [4.69, 9.17) is 0 Å². The van der Waals surface area contributed by atoms with Crippen molar-refractivity contribution in [1.29, 1.82) is 0 Å². The monoisotopic (exact) mass is 383 g/mol. The van der Waals surface area contributed by atoms with Gasteiger partial charge < -0.3 is 5.32 Å². The van der Waals surface area contributed by atoms with Gasteiger partial charge in [-0.25, -0.2) is 8.42 Å². The number of carbonyl (C=O) groups excluding carboxylic acids is 1. The molecule has 1 N–H and O–H groups in total. The third-order valence-electron chi connectivity index (χ3n) is 4.39. The van der Waals surface area contributed by atoms with Crippen molar-refractivity contribution in [3.05, 3.63) is 66.5 Å². The minimum absolute atomic E-state index is 0.180. The van der Waals surface area contributed by atoms with Crippen molar-refractivity contribution in [2.24, 2.45) is 0 Å². The number of fused-ring (bicyclic) bond motifs is 1. The van der Waals surface area contributed by atoms with Gasteiger partial charge in [-0.3, -0.25) is 9.78 Å². The molecule has 0 spiro atoms. The molecule has 2 aromatic carbocycles. The number of hydrogen-bond donors (Lipinski definition) is 1. The minimum Gasteiger partial charge on any atom is -0.321 e. The predicted octanol–water partition coefficient (Wildman–Crippen LogP) is 3.52. The number of benzene rings is 2. The van der Waals surface area contributed by atoms with E-state index >= 15 is 0 Å². The lowest BCUT2D eigenvalue weighted by atomic mass is 10.1. The van der Waals surface area contributed by atoms with E-state index in [1.54, 1.807) is 26.2 Å². The molecule has 6 nitrogen and oxygen atoms in total. The number of hydrogen-bond acceptors (Lipinski definition) is 4. The number of aromatic nitrogens is 1. The summed E-state index contributed by atoms with van der Waals surface area (Å²) in [6, 6.07) is 13.4. The van der Waals surface area contributed by atoms with Crippen molar-refractivity contribution >= 4 is 32.4 Å². The number of sulfonamides is 1. The summed E-state index contributed by atoms with van der Waals surface area (Å²) >= 11 is 0. The van der Waals surface area contributed by atoms with Gasteiger partial charge in [-0.1, -0.05) is 26.0 Å². The standard InChI is InChI=1S/C20H21N3O3S/c1-3-23(4-2)27(25,26)17-10-8-15(9-11-17)20(24)22-19-7-5-6-16-14-21-13-12-18(16)19/h5-14H,3-4H2,1-2H3,(H,22,24). The topological polar surface area (TPSA) is 79.4 Å². The maximum absolute atomic E-state index is 12.6. The van der Waals surface area contributed by atoms with Crippen molar-refractivity contribution < 1.29 is 13.2 Å². The lowest BCUT2D eigenvalue weighted by molar-refractivity contribution is 0.102. The molecule has 7 heteroatoms. The Balaban J connectivity index is 1.84. The fourth-order valence-corrected chi connectivity index (χ4v) is 4.37. The van der Waals surface area contributed by atoms with Gasteiger partial charge in [-0.2, -0.15) is 4.31 Å². The SMILES string of the molecule is CCN(CC)S(=O)(=O)c1ccc(C(=O)Nc2cccc3cnccc23)cc1. The lowest BCUT2D eigenvalue weighted by Crippen LogP contribution is -2.30. The van der Waals surface area contributed by atoms with Gasteiger partial charge in [-0.05, 0) is 36.4 Å². The van der Waals surface area contributed by atoms with Crippen LogP contribution in [0.1, 0.15) is 24.2 Å². The van der Waals surface area contributed by atoms with Gasteiger partial charge >= 0.3 is 0 Å². The largest absolute Gasteiger partial charge is 0.321 e. The van der Waals surface area contributed by atoms with Crippen molar-refractivity contribution in [3.63, 3.8) is 0 Å². The average Bonchev–Trinajstić information content (AvgIpc) is 2.69. The molecular weight excluding hydrogens is 362 g/mol. The molecule has 1 heterocycles. The average molecular weight is 383 g/mol. The molecule has 0 bridgehead atoms. The van der Waals surface area contributed by atoms with Crippen LogP contribution in [0, 0.1) is 0 Å². The number of anilines is 1. The van der Waals surface area contributed by atoms with Gasteiger partial charge in [0.15, 0.2) is 0 Å². The first-order valence-electron chi connectivity index (χ1n) is 8.71. The lowest BCUT2D eigenvalue weighted by Gasteiger charge is -2.18. The van der Waals surface area contributed by atoms with Crippen LogP contribution in [0.15, 0.2) is 65.8 Å². The van der Waals surface area contributed by atoms with Gasteiger partial charge in [0.25, 0.3) is 5.91 Å². The Labute approximate surface area is 158 Å². The van der Waals surface area contributed by atoms with E-state index in [-0.39, 0.29) is 10.8 Å². The summed E-state index contributed by atoms with van der Waals surface area (Å²) in [5.41, 5.74) is 1.07. The zero-order valence-corrected chi connectivity index (χ0v) is 16.0. The van der Waals surface area contributed by atoms with Crippen LogP contribution in [0.4, 0.5) is 5.69 Å². The van der Waals surface area contributed by atoms with Gasteiger partial charge in [0.1, 0.15) is 0 Å². The highest BCUT2D eigenvalue weighted by Gasteiger charge is 2.21. The first kappa shape index (κ1) is 19.0. The van der Waals surface area contributed by atoms with Gasteiger partial charge in [-0.15, -0.1) is 0 Å². The van der Waals surface area contributed by atoms with Crippen LogP contribution in [0.5, 0.6) is 0 Å². The van der Waals surface area contributed by atoms with Crippen LogP contribution in [0.3, 0.4) is 0 Å². The van der Waals surface area contributed by atoms with Crippen molar-refractivity contribution in [1.82, 2.24) is 9.29 Å².